The monoisotopic (exact) mass is 333 g/mol. The maximum atomic E-state index is 5.87. The highest BCUT2D eigenvalue weighted by Gasteiger charge is 2.10. The van der Waals surface area contributed by atoms with E-state index in [0.717, 1.165) is 33.9 Å². The van der Waals surface area contributed by atoms with Crippen molar-refractivity contribution in [1.29, 1.82) is 0 Å². The van der Waals surface area contributed by atoms with Crippen molar-refractivity contribution in [2.24, 2.45) is 0 Å². The molecule has 0 N–H and O–H groups in total. The zero-order valence-corrected chi connectivity index (χ0v) is 14.5. The molecule has 126 valence electrons. The summed E-state index contributed by atoms with van der Waals surface area (Å²) in [5.41, 5.74) is 2.90. The highest BCUT2D eigenvalue weighted by molar-refractivity contribution is 5.77. The normalized spacial score (nSPS) is 11.2. The molecule has 0 atom stereocenters. The number of furan rings is 1. The van der Waals surface area contributed by atoms with Crippen molar-refractivity contribution in [3.05, 3.63) is 65.7 Å². The Morgan fingerprint density at radius 2 is 1.88 bits per heavy atom. The Hall–Kier alpha value is -3.15. The van der Waals surface area contributed by atoms with Gasteiger partial charge in [-0.25, -0.2) is 4.68 Å². The molecule has 3 aromatic heterocycles. The second-order valence-electron chi connectivity index (χ2n) is 6.20. The lowest BCUT2D eigenvalue weighted by molar-refractivity contribution is 0.544. The molecule has 0 aliphatic heterocycles. The summed E-state index contributed by atoms with van der Waals surface area (Å²) in [7, 11) is 1.97. The molecule has 0 fully saturated rings. The number of para-hydroxylation sites is 1. The molecule has 6 heteroatoms. The molecule has 0 radical (unpaired) electrons. The van der Waals surface area contributed by atoms with Crippen LogP contribution >= 0.6 is 0 Å². The van der Waals surface area contributed by atoms with Gasteiger partial charge in [-0.3, -0.25) is 0 Å². The molecule has 6 nitrogen and oxygen atoms in total. The summed E-state index contributed by atoms with van der Waals surface area (Å²) in [6, 6.07) is 16.0. The molecule has 1 aromatic carbocycles. The fraction of sp³-hybridized carbons (Fsp3) is 0.211. The van der Waals surface area contributed by atoms with Crippen molar-refractivity contribution >= 4 is 16.8 Å². The van der Waals surface area contributed by atoms with Crippen LogP contribution in [0.1, 0.15) is 17.1 Å². The average molecular weight is 333 g/mol. The third-order valence-corrected chi connectivity index (χ3v) is 4.12. The van der Waals surface area contributed by atoms with E-state index in [-0.39, 0.29) is 0 Å². The van der Waals surface area contributed by atoms with Crippen molar-refractivity contribution in [3.8, 4) is 5.82 Å². The first kappa shape index (κ1) is 15.4. The van der Waals surface area contributed by atoms with Gasteiger partial charge in [0.25, 0.3) is 0 Å². The number of aromatic nitrogens is 4. The van der Waals surface area contributed by atoms with E-state index < -0.39 is 0 Å². The molecule has 4 aromatic rings. The van der Waals surface area contributed by atoms with E-state index in [1.165, 1.54) is 0 Å². The summed E-state index contributed by atoms with van der Waals surface area (Å²) in [4.78, 5) is 2.01. The molecule has 0 bridgehead atoms. The third kappa shape index (κ3) is 2.98. The Bertz CT molecular complexity index is 983. The number of nitrogens with zero attached hydrogens (tertiary/aromatic N) is 5. The fourth-order valence-corrected chi connectivity index (χ4v) is 2.93. The molecule has 25 heavy (non-hydrogen) atoms. The van der Waals surface area contributed by atoms with Crippen molar-refractivity contribution in [1.82, 2.24) is 20.0 Å². The molecule has 0 aliphatic rings. The zero-order chi connectivity index (χ0) is 17.4. The number of rotatable bonds is 4. The lowest BCUT2D eigenvalue weighted by atomic mass is 10.2. The summed E-state index contributed by atoms with van der Waals surface area (Å²) in [6.45, 7) is 4.60. The van der Waals surface area contributed by atoms with Gasteiger partial charge in [0.05, 0.1) is 12.2 Å². The van der Waals surface area contributed by atoms with Gasteiger partial charge in [-0.05, 0) is 44.2 Å². The predicted octanol–water partition coefficient (Wildman–Crippen LogP) is 3.66. The summed E-state index contributed by atoms with van der Waals surface area (Å²) in [5, 5.41) is 14.2. The van der Waals surface area contributed by atoms with Crippen LogP contribution in [0.3, 0.4) is 0 Å². The molecule has 3 heterocycles. The number of aryl methyl sites for hydroxylation is 2. The average Bonchev–Trinajstić information content (AvgIpc) is 3.16. The molecular formula is C19H19N5O. The molecule has 0 saturated carbocycles. The van der Waals surface area contributed by atoms with Gasteiger partial charge in [0.15, 0.2) is 11.6 Å². The van der Waals surface area contributed by atoms with Crippen LogP contribution < -0.4 is 4.90 Å². The predicted molar refractivity (Wildman–Crippen MR) is 96.9 cm³/mol. The smallest absolute Gasteiger partial charge is 0.176 e. The molecule has 0 spiro atoms. The van der Waals surface area contributed by atoms with Gasteiger partial charge in [0.2, 0.25) is 0 Å². The van der Waals surface area contributed by atoms with E-state index in [2.05, 4.69) is 21.4 Å². The highest BCUT2D eigenvalue weighted by atomic mass is 16.3. The first-order valence-electron chi connectivity index (χ1n) is 8.16. The van der Waals surface area contributed by atoms with E-state index in [9.17, 15) is 0 Å². The van der Waals surface area contributed by atoms with Crippen molar-refractivity contribution in [2.45, 2.75) is 20.4 Å². The molecule has 4 rings (SSSR count). The number of benzene rings is 1. The lowest BCUT2D eigenvalue weighted by Gasteiger charge is -2.16. The maximum Gasteiger partial charge on any atom is 0.176 e. The Labute approximate surface area is 145 Å². The van der Waals surface area contributed by atoms with Gasteiger partial charge in [0, 0.05) is 18.1 Å². The Morgan fingerprint density at radius 1 is 1.04 bits per heavy atom. The summed E-state index contributed by atoms with van der Waals surface area (Å²) in [5.74, 6) is 2.39. The molecule has 0 saturated heterocycles. The highest BCUT2D eigenvalue weighted by Crippen LogP contribution is 2.21. The third-order valence-electron chi connectivity index (χ3n) is 4.12. The first-order valence-corrected chi connectivity index (χ1v) is 8.16. The van der Waals surface area contributed by atoms with Crippen LogP contribution in [-0.4, -0.2) is 27.0 Å². The van der Waals surface area contributed by atoms with Gasteiger partial charge in [0.1, 0.15) is 11.3 Å². The maximum absolute atomic E-state index is 5.87. The number of hydrogen-bond donors (Lipinski definition) is 0. The van der Waals surface area contributed by atoms with Crippen LogP contribution in [0.25, 0.3) is 16.8 Å². The van der Waals surface area contributed by atoms with Crippen LogP contribution in [0.5, 0.6) is 0 Å². The largest absolute Gasteiger partial charge is 0.459 e. The second kappa shape index (κ2) is 6.05. The first-order chi connectivity index (χ1) is 12.1. The van der Waals surface area contributed by atoms with Crippen LogP contribution in [0.4, 0.5) is 5.82 Å². The quantitative estimate of drug-likeness (QED) is 0.570. The standard InChI is InChI=1S/C19H19N5O/c1-13-10-14(2)24(22-13)19-9-8-18(20-21-19)23(3)12-16-11-15-6-4-5-7-17(15)25-16/h4-11H,12H2,1-3H3. The van der Waals surface area contributed by atoms with Crippen molar-refractivity contribution in [3.63, 3.8) is 0 Å². The van der Waals surface area contributed by atoms with Crippen LogP contribution in [0.15, 0.2) is 52.9 Å². The topological polar surface area (TPSA) is 60.0 Å². The van der Waals surface area contributed by atoms with Crippen LogP contribution in [-0.2, 0) is 6.54 Å². The molecule has 0 amide bonds. The Morgan fingerprint density at radius 3 is 2.56 bits per heavy atom. The van der Waals surface area contributed by atoms with Crippen LogP contribution in [0.2, 0.25) is 0 Å². The zero-order valence-electron chi connectivity index (χ0n) is 14.5. The van der Waals surface area contributed by atoms with E-state index in [4.69, 9.17) is 4.42 Å². The second-order valence-corrected chi connectivity index (χ2v) is 6.20. The van der Waals surface area contributed by atoms with Crippen molar-refractivity contribution in [2.75, 3.05) is 11.9 Å². The summed E-state index contributed by atoms with van der Waals surface area (Å²) < 4.78 is 7.66. The van der Waals surface area contributed by atoms with E-state index in [1.54, 1.807) is 4.68 Å². The number of anilines is 1. The molecule has 0 unspecified atom stereocenters. The van der Waals surface area contributed by atoms with Crippen LogP contribution in [0, 0.1) is 13.8 Å². The summed E-state index contributed by atoms with van der Waals surface area (Å²) >= 11 is 0. The van der Waals surface area contributed by atoms with Crippen molar-refractivity contribution < 1.29 is 4.42 Å². The Kier molecular flexibility index (Phi) is 3.72. The minimum atomic E-state index is 0.628. The minimum absolute atomic E-state index is 0.628. The van der Waals surface area contributed by atoms with E-state index in [0.29, 0.717) is 12.4 Å². The van der Waals surface area contributed by atoms with Gasteiger partial charge in [-0.1, -0.05) is 18.2 Å². The van der Waals surface area contributed by atoms with Gasteiger partial charge in [-0.2, -0.15) is 5.10 Å². The van der Waals surface area contributed by atoms with E-state index >= 15 is 0 Å². The van der Waals surface area contributed by atoms with Gasteiger partial charge in [-0.15, -0.1) is 10.2 Å². The van der Waals surface area contributed by atoms with E-state index in [1.807, 2.05) is 68.3 Å². The molecular weight excluding hydrogens is 314 g/mol. The lowest BCUT2D eigenvalue weighted by Crippen LogP contribution is -2.18. The number of fused-ring (bicyclic) bond motifs is 1. The SMILES string of the molecule is Cc1cc(C)n(-c2ccc(N(C)Cc3cc4ccccc4o3)nn2)n1. The van der Waals surface area contributed by atoms with Gasteiger partial charge >= 0.3 is 0 Å². The fourth-order valence-electron chi connectivity index (χ4n) is 2.93. The minimum Gasteiger partial charge on any atom is -0.459 e. The summed E-state index contributed by atoms with van der Waals surface area (Å²) in [6.07, 6.45) is 0. The Balaban J connectivity index is 1.54. The van der Waals surface area contributed by atoms with Gasteiger partial charge < -0.3 is 9.32 Å². The number of hydrogen-bond acceptors (Lipinski definition) is 5. The molecule has 0 aliphatic carbocycles.